The molecule has 132 valence electrons. The largest absolute Gasteiger partial charge is 0.507 e. The summed E-state index contributed by atoms with van der Waals surface area (Å²) < 4.78 is 0. The van der Waals surface area contributed by atoms with Gasteiger partial charge in [-0.05, 0) is 36.2 Å². The number of aromatic nitrogens is 1. The summed E-state index contributed by atoms with van der Waals surface area (Å²) in [7, 11) is 0. The Hall–Kier alpha value is -3.45. The number of amides is 1. The molecule has 7 nitrogen and oxygen atoms in total. The van der Waals surface area contributed by atoms with Crippen LogP contribution < -0.4 is 11.1 Å². The molecular formula is C19H17N3O4. The van der Waals surface area contributed by atoms with Gasteiger partial charge in [-0.15, -0.1) is 0 Å². The van der Waals surface area contributed by atoms with Crippen LogP contribution in [0.25, 0.3) is 10.9 Å². The third kappa shape index (κ3) is 3.79. The highest BCUT2D eigenvalue weighted by molar-refractivity contribution is 6.04. The molecule has 3 rings (SSSR count). The molecule has 0 bridgehead atoms. The van der Waals surface area contributed by atoms with Crippen LogP contribution in [0.2, 0.25) is 0 Å². The molecule has 0 spiro atoms. The number of aromatic hydroxyl groups is 1. The molecule has 1 heterocycles. The van der Waals surface area contributed by atoms with E-state index >= 15 is 0 Å². The first kappa shape index (κ1) is 17.4. The molecule has 0 radical (unpaired) electrons. The highest BCUT2D eigenvalue weighted by Crippen LogP contribution is 2.24. The molecule has 0 saturated carbocycles. The number of pyridine rings is 1. The number of nitrogens with one attached hydrogen (secondary N) is 1. The van der Waals surface area contributed by atoms with Crippen molar-refractivity contribution in [3.8, 4) is 5.75 Å². The van der Waals surface area contributed by atoms with Crippen LogP contribution in [0.15, 0.2) is 54.6 Å². The number of nitrogens with zero attached hydrogens (tertiary/aromatic N) is 1. The van der Waals surface area contributed by atoms with E-state index in [0.717, 1.165) is 5.56 Å². The quantitative estimate of drug-likeness (QED) is 0.558. The van der Waals surface area contributed by atoms with Crippen LogP contribution in [-0.4, -0.2) is 33.1 Å². The summed E-state index contributed by atoms with van der Waals surface area (Å²) >= 11 is 0. The van der Waals surface area contributed by atoms with E-state index in [9.17, 15) is 14.7 Å². The fourth-order valence-electron chi connectivity index (χ4n) is 2.53. The van der Waals surface area contributed by atoms with Gasteiger partial charge < -0.3 is 21.3 Å². The number of carbonyl (C=O) groups excluding carboxylic acids is 1. The second kappa shape index (κ2) is 7.20. The molecule has 1 atom stereocenters. The molecule has 7 heteroatoms. The van der Waals surface area contributed by atoms with Crippen LogP contribution in [0.5, 0.6) is 5.75 Å². The third-order valence-electron chi connectivity index (χ3n) is 3.91. The Morgan fingerprint density at radius 3 is 2.50 bits per heavy atom. The minimum absolute atomic E-state index is 0.0150. The van der Waals surface area contributed by atoms with Crippen molar-refractivity contribution in [2.75, 3.05) is 5.32 Å². The minimum Gasteiger partial charge on any atom is -0.507 e. The highest BCUT2D eigenvalue weighted by atomic mass is 16.4. The first-order chi connectivity index (χ1) is 12.4. The number of fused-ring (bicyclic) bond motifs is 1. The molecular weight excluding hydrogens is 334 g/mol. The molecule has 1 amide bonds. The maximum absolute atomic E-state index is 12.4. The van der Waals surface area contributed by atoms with E-state index in [2.05, 4.69) is 10.3 Å². The molecule has 0 aliphatic carbocycles. The van der Waals surface area contributed by atoms with Gasteiger partial charge in [-0.1, -0.05) is 24.3 Å². The number of hydrogen-bond acceptors (Lipinski definition) is 5. The summed E-state index contributed by atoms with van der Waals surface area (Å²) in [5.74, 6) is -1.54. The van der Waals surface area contributed by atoms with Crippen molar-refractivity contribution in [1.82, 2.24) is 4.98 Å². The van der Waals surface area contributed by atoms with E-state index in [1.807, 2.05) is 0 Å². The average Bonchev–Trinajstić information content (AvgIpc) is 2.63. The molecule has 0 aliphatic heterocycles. The number of rotatable bonds is 5. The van der Waals surface area contributed by atoms with Gasteiger partial charge in [-0.2, -0.15) is 0 Å². The van der Waals surface area contributed by atoms with Gasteiger partial charge in [-0.25, -0.2) is 4.98 Å². The van der Waals surface area contributed by atoms with E-state index in [1.54, 1.807) is 48.5 Å². The smallest absolute Gasteiger partial charge is 0.320 e. The Balaban J connectivity index is 1.75. The van der Waals surface area contributed by atoms with Crippen LogP contribution in [0.1, 0.15) is 16.1 Å². The topological polar surface area (TPSA) is 126 Å². The zero-order chi connectivity index (χ0) is 18.7. The predicted octanol–water partition coefficient (Wildman–Crippen LogP) is 2.15. The van der Waals surface area contributed by atoms with Crippen molar-refractivity contribution in [2.24, 2.45) is 5.73 Å². The van der Waals surface area contributed by atoms with Crippen LogP contribution in [0.3, 0.4) is 0 Å². The van der Waals surface area contributed by atoms with Crippen molar-refractivity contribution >= 4 is 28.5 Å². The van der Waals surface area contributed by atoms with Crippen molar-refractivity contribution in [2.45, 2.75) is 12.5 Å². The first-order valence-electron chi connectivity index (χ1n) is 7.91. The molecule has 26 heavy (non-hydrogen) atoms. The number of carboxylic acids is 1. The molecule has 0 fully saturated rings. The van der Waals surface area contributed by atoms with E-state index in [0.29, 0.717) is 16.6 Å². The summed E-state index contributed by atoms with van der Waals surface area (Å²) in [5.41, 5.74) is 7.40. The van der Waals surface area contributed by atoms with Gasteiger partial charge in [-0.3, -0.25) is 9.59 Å². The first-order valence-corrected chi connectivity index (χ1v) is 7.91. The molecule has 1 unspecified atom stereocenters. The van der Waals surface area contributed by atoms with Crippen LogP contribution >= 0.6 is 0 Å². The zero-order valence-corrected chi connectivity index (χ0v) is 13.7. The summed E-state index contributed by atoms with van der Waals surface area (Å²) in [6, 6.07) is 14.0. The predicted molar refractivity (Wildman–Crippen MR) is 97.1 cm³/mol. The van der Waals surface area contributed by atoms with Gasteiger partial charge in [0.2, 0.25) is 0 Å². The Kier molecular flexibility index (Phi) is 4.81. The molecule has 5 N–H and O–H groups in total. The number of para-hydroxylation sites is 1. The van der Waals surface area contributed by atoms with Gasteiger partial charge in [0.05, 0.1) is 5.52 Å². The lowest BCUT2D eigenvalue weighted by molar-refractivity contribution is -0.138. The van der Waals surface area contributed by atoms with Crippen molar-refractivity contribution in [1.29, 1.82) is 0 Å². The highest BCUT2D eigenvalue weighted by Gasteiger charge is 2.14. The average molecular weight is 351 g/mol. The van der Waals surface area contributed by atoms with Gasteiger partial charge in [0.15, 0.2) is 0 Å². The van der Waals surface area contributed by atoms with E-state index in [4.69, 9.17) is 10.8 Å². The van der Waals surface area contributed by atoms with E-state index < -0.39 is 17.9 Å². The summed E-state index contributed by atoms with van der Waals surface area (Å²) in [4.78, 5) is 27.4. The number of benzene rings is 2. The number of aliphatic carboxylic acids is 1. The molecule has 0 aliphatic rings. The molecule has 0 saturated heterocycles. The normalized spacial score (nSPS) is 11.9. The van der Waals surface area contributed by atoms with Gasteiger partial charge >= 0.3 is 5.97 Å². The molecule has 3 aromatic rings. The zero-order valence-electron chi connectivity index (χ0n) is 13.7. The van der Waals surface area contributed by atoms with Crippen LogP contribution in [0.4, 0.5) is 5.69 Å². The van der Waals surface area contributed by atoms with Crippen molar-refractivity contribution in [3.05, 3.63) is 65.9 Å². The Morgan fingerprint density at radius 1 is 1.12 bits per heavy atom. The molecule has 2 aromatic carbocycles. The SMILES string of the molecule is NC(Cc1ccc(NC(=O)c2cc(O)c3ccccc3n2)cc1)C(=O)O. The third-order valence-corrected chi connectivity index (χ3v) is 3.91. The lowest BCUT2D eigenvalue weighted by Crippen LogP contribution is -2.32. The molecule has 1 aromatic heterocycles. The van der Waals surface area contributed by atoms with Gasteiger partial charge in [0.25, 0.3) is 5.91 Å². The number of hydrogen-bond donors (Lipinski definition) is 4. The van der Waals surface area contributed by atoms with Gasteiger partial charge in [0.1, 0.15) is 17.5 Å². The summed E-state index contributed by atoms with van der Waals surface area (Å²) in [5, 5.41) is 22.1. The van der Waals surface area contributed by atoms with Crippen LogP contribution in [-0.2, 0) is 11.2 Å². The lowest BCUT2D eigenvalue weighted by Gasteiger charge is -2.09. The summed E-state index contributed by atoms with van der Waals surface area (Å²) in [6.07, 6.45) is 0.198. The number of carboxylic acid groups (broad SMARTS) is 1. The Morgan fingerprint density at radius 2 is 1.81 bits per heavy atom. The fraction of sp³-hybridized carbons (Fsp3) is 0.105. The van der Waals surface area contributed by atoms with Gasteiger partial charge in [0, 0.05) is 17.1 Å². The van der Waals surface area contributed by atoms with Crippen molar-refractivity contribution in [3.63, 3.8) is 0 Å². The second-order valence-electron chi connectivity index (χ2n) is 5.84. The van der Waals surface area contributed by atoms with Crippen molar-refractivity contribution < 1.29 is 19.8 Å². The fourth-order valence-corrected chi connectivity index (χ4v) is 2.53. The maximum atomic E-state index is 12.4. The minimum atomic E-state index is -1.07. The van der Waals surface area contributed by atoms with E-state index in [1.165, 1.54) is 6.07 Å². The Labute approximate surface area is 149 Å². The summed E-state index contributed by atoms with van der Waals surface area (Å²) in [6.45, 7) is 0. The number of nitrogens with two attached hydrogens (primary N) is 1. The lowest BCUT2D eigenvalue weighted by atomic mass is 10.1. The maximum Gasteiger partial charge on any atom is 0.320 e. The monoisotopic (exact) mass is 351 g/mol. The van der Waals surface area contributed by atoms with E-state index in [-0.39, 0.29) is 17.9 Å². The Bertz CT molecular complexity index is 970. The second-order valence-corrected chi connectivity index (χ2v) is 5.84. The number of anilines is 1. The number of carbonyl (C=O) groups is 2. The standard InChI is InChI=1S/C19H17N3O4/c20-14(19(25)26)9-11-5-7-12(8-6-11)21-18(24)16-10-17(23)13-3-1-2-4-15(13)22-16/h1-8,10,14H,9,20H2,(H,21,24)(H,22,23)(H,25,26). The van der Waals surface area contributed by atoms with Crippen LogP contribution in [0, 0.1) is 0 Å².